The summed E-state index contributed by atoms with van der Waals surface area (Å²) < 4.78 is 10.8. The first-order chi connectivity index (χ1) is 8.90. The van der Waals surface area contributed by atoms with Crippen LogP contribution in [-0.2, 0) is 18.4 Å². The fraction of sp³-hybridized carbons (Fsp3) is 0.833. The molecule has 1 aliphatic heterocycles. The van der Waals surface area contributed by atoms with Gasteiger partial charge in [-0.25, -0.2) is 0 Å². The third kappa shape index (κ3) is 5.25. The van der Waals surface area contributed by atoms with Gasteiger partial charge in [-0.15, -0.1) is 0 Å². The number of thioether (sulfide) groups is 1. The van der Waals surface area contributed by atoms with Gasteiger partial charge in [-0.05, 0) is 19.0 Å². The minimum Gasteiger partial charge on any atom is -0.398 e. The highest BCUT2D eigenvalue weighted by Gasteiger charge is 2.32. The van der Waals surface area contributed by atoms with Crippen molar-refractivity contribution in [2.45, 2.75) is 37.6 Å². The van der Waals surface area contributed by atoms with E-state index in [9.17, 15) is 9.59 Å². The fourth-order valence-electron chi connectivity index (χ4n) is 2.14. The highest BCUT2D eigenvalue weighted by molar-refractivity contribution is 8.14. The van der Waals surface area contributed by atoms with E-state index in [0.29, 0.717) is 13.0 Å². The van der Waals surface area contributed by atoms with Crippen molar-refractivity contribution in [2.24, 2.45) is 0 Å². The SMILES string of the molecule is CO[Si](C)(CCCN1CC(SC(C)=O)CC1=O)OC. The van der Waals surface area contributed by atoms with Crippen LogP contribution in [-0.4, -0.2) is 57.0 Å². The highest BCUT2D eigenvalue weighted by atomic mass is 32.2. The van der Waals surface area contributed by atoms with Gasteiger partial charge in [-0.3, -0.25) is 9.59 Å². The van der Waals surface area contributed by atoms with Crippen LogP contribution in [0.15, 0.2) is 0 Å². The second kappa shape index (κ2) is 7.42. The summed E-state index contributed by atoms with van der Waals surface area (Å²) in [6.45, 7) is 4.98. The number of likely N-dealkylation sites (tertiary alicyclic amines) is 1. The van der Waals surface area contributed by atoms with Crippen LogP contribution in [0.1, 0.15) is 19.8 Å². The van der Waals surface area contributed by atoms with E-state index in [0.717, 1.165) is 19.0 Å². The van der Waals surface area contributed by atoms with Gasteiger partial charge in [0.2, 0.25) is 5.91 Å². The summed E-state index contributed by atoms with van der Waals surface area (Å²) >= 11 is 1.28. The zero-order chi connectivity index (χ0) is 14.5. The standard InChI is InChI=1S/C12H23NO4SSi/c1-10(14)18-11-8-12(15)13(9-11)6-5-7-19(4,16-2)17-3/h11H,5-9H2,1-4H3. The molecular formula is C12H23NO4SSi. The molecule has 1 saturated heterocycles. The molecule has 0 aliphatic carbocycles. The van der Waals surface area contributed by atoms with E-state index in [1.54, 1.807) is 21.1 Å². The number of hydrogen-bond acceptors (Lipinski definition) is 5. The van der Waals surface area contributed by atoms with E-state index < -0.39 is 8.56 Å². The molecule has 1 fully saturated rings. The van der Waals surface area contributed by atoms with Gasteiger partial charge in [0, 0.05) is 45.9 Å². The lowest BCUT2D eigenvalue weighted by atomic mass is 10.4. The second-order valence-corrected chi connectivity index (χ2v) is 9.98. The Morgan fingerprint density at radius 3 is 2.63 bits per heavy atom. The van der Waals surface area contributed by atoms with Crippen LogP contribution in [0.5, 0.6) is 0 Å². The quantitative estimate of drug-likeness (QED) is 0.669. The topological polar surface area (TPSA) is 55.8 Å². The van der Waals surface area contributed by atoms with Crippen molar-refractivity contribution in [1.29, 1.82) is 0 Å². The fourth-order valence-corrected chi connectivity index (χ4v) is 4.47. The van der Waals surface area contributed by atoms with Crippen molar-refractivity contribution in [3.05, 3.63) is 0 Å². The molecule has 0 aromatic carbocycles. The van der Waals surface area contributed by atoms with Crippen LogP contribution in [0.3, 0.4) is 0 Å². The summed E-state index contributed by atoms with van der Waals surface area (Å²) in [4.78, 5) is 24.7. The third-order valence-electron chi connectivity index (χ3n) is 3.43. The van der Waals surface area contributed by atoms with E-state index in [4.69, 9.17) is 8.85 Å². The molecule has 0 radical (unpaired) electrons. The Labute approximate surface area is 120 Å². The molecule has 110 valence electrons. The van der Waals surface area contributed by atoms with Crippen LogP contribution < -0.4 is 0 Å². The van der Waals surface area contributed by atoms with Crippen molar-refractivity contribution in [3.63, 3.8) is 0 Å². The number of amides is 1. The van der Waals surface area contributed by atoms with Crippen molar-refractivity contribution >= 4 is 31.3 Å². The van der Waals surface area contributed by atoms with Crippen LogP contribution in [0.4, 0.5) is 0 Å². The van der Waals surface area contributed by atoms with Gasteiger partial charge in [-0.2, -0.15) is 0 Å². The lowest BCUT2D eigenvalue weighted by Crippen LogP contribution is -2.37. The van der Waals surface area contributed by atoms with Crippen LogP contribution in [0.2, 0.25) is 12.6 Å². The normalized spacial score (nSPS) is 20.1. The molecule has 0 N–H and O–H groups in total. The lowest BCUT2D eigenvalue weighted by Gasteiger charge is -2.24. The molecule has 0 aromatic heterocycles. The smallest absolute Gasteiger partial charge is 0.334 e. The van der Waals surface area contributed by atoms with Gasteiger partial charge in [0.1, 0.15) is 0 Å². The minimum atomic E-state index is -2.03. The predicted molar refractivity (Wildman–Crippen MR) is 78.3 cm³/mol. The summed E-state index contributed by atoms with van der Waals surface area (Å²) in [6, 6.07) is 0.869. The average Bonchev–Trinajstić information content (AvgIpc) is 2.68. The molecule has 0 bridgehead atoms. The summed E-state index contributed by atoms with van der Waals surface area (Å²) in [5, 5.41) is 0.205. The molecule has 0 spiro atoms. The second-order valence-electron chi connectivity index (χ2n) is 4.92. The average molecular weight is 305 g/mol. The third-order valence-corrected chi connectivity index (χ3v) is 7.40. The number of carbonyl (C=O) groups is 2. The Kier molecular flexibility index (Phi) is 6.51. The van der Waals surface area contributed by atoms with Crippen LogP contribution in [0, 0.1) is 0 Å². The maximum atomic E-state index is 11.8. The van der Waals surface area contributed by atoms with E-state index in [-0.39, 0.29) is 16.3 Å². The van der Waals surface area contributed by atoms with E-state index in [1.165, 1.54) is 11.8 Å². The summed E-state index contributed by atoms with van der Waals surface area (Å²) in [5.41, 5.74) is 0. The Hall–Kier alpha value is -0.373. The maximum absolute atomic E-state index is 11.8. The Morgan fingerprint density at radius 1 is 1.47 bits per heavy atom. The molecular weight excluding hydrogens is 282 g/mol. The van der Waals surface area contributed by atoms with E-state index >= 15 is 0 Å². The zero-order valence-electron chi connectivity index (χ0n) is 12.1. The van der Waals surface area contributed by atoms with Crippen molar-refractivity contribution < 1.29 is 18.4 Å². The molecule has 1 unspecified atom stereocenters. The summed E-state index contributed by atoms with van der Waals surface area (Å²) in [7, 11) is 1.32. The van der Waals surface area contributed by atoms with Crippen molar-refractivity contribution in [1.82, 2.24) is 4.90 Å². The maximum Gasteiger partial charge on any atom is 0.334 e. The predicted octanol–water partition coefficient (Wildman–Crippen LogP) is 1.62. The van der Waals surface area contributed by atoms with Crippen molar-refractivity contribution in [3.8, 4) is 0 Å². The van der Waals surface area contributed by atoms with Gasteiger partial charge in [-0.1, -0.05) is 11.8 Å². The van der Waals surface area contributed by atoms with E-state index in [1.807, 2.05) is 11.4 Å². The first-order valence-electron chi connectivity index (χ1n) is 6.45. The van der Waals surface area contributed by atoms with Crippen LogP contribution >= 0.6 is 11.8 Å². The molecule has 1 atom stereocenters. The number of carbonyl (C=O) groups excluding carboxylic acids is 2. The largest absolute Gasteiger partial charge is 0.398 e. The van der Waals surface area contributed by atoms with Gasteiger partial charge in [0.15, 0.2) is 5.12 Å². The monoisotopic (exact) mass is 305 g/mol. The molecule has 19 heavy (non-hydrogen) atoms. The first kappa shape index (κ1) is 16.7. The highest BCUT2D eigenvalue weighted by Crippen LogP contribution is 2.25. The molecule has 5 nitrogen and oxygen atoms in total. The minimum absolute atomic E-state index is 0.0819. The lowest BCUT2D eigenvalue weighted by molar-refractivity contribution is -0.127. The number of hydrogen-bond donors (Lipinski definition) is 0. The molecule has 1 heterocycles. The molecule has 1 rings (SSSR count). The Morgan fingerprint density at radius 2 is 2.11 bits per heavy atom. The van der Waals surface area contributed by atoms with Gasteiger partial charge in [0.25, 0.3) is 0 Å². The number of rotatable bonds is 7. The van der Waals surface area contributed by atoms with Gasteiger partial charge < -0.3 is 13.8 Å². The first-order valence-corrected chi connectivity index (χ1v) is 9.86. The molecule has 0 saturated carbocycles. The Bertz CT molecular complexity index is 336. The van der Waals surface area contributed by atoms with Crippen molar-refractivity contribution in [2.75, 3.05) is 27.3 Å². The van der Waals surface area contributed by atoms with Crippen LogP contribution in [0.25, 0.3) is 0 Å². The summed E-state index contributed by atoms with van der Waals surface area (Å²) in [6.07, 6.45) is 1.36. The van der Waals surface area contributed by atoms with E-state index in [2.05, 4.69) is 0 Å². The number of nitrogens with zero attached hydrogens (tertiary/aromatic N) is 1. The molecule has 1 amide bonds. The molecule has 1 aliphatic rings. The van der Waals surface area contributed by atoms with Gasteiger partial charge in [0.05, 0.1) is 0 Å². The Balaban J connectivity index is 2.34. The summed E-state index contributed by atoms with van der Waals surface area (Å²) in [5.74, 6) is 0.150. The molecule has 0 aromatic rings. The molecule has 7 heteroatoms. The zero-order valence-corrected chi connectivity index (χ0v) is 13.9. The van der Waals surface area contributed by atoms with Gasteiger partial charge >= 0.3 is 8.56 Å².